The van der Waals surface area contributed by atoms with Crippen LogP contribution in [0, 0.1) is 6.92 Å². The van der Waals surface area contributed by atoms with Crippen molar-refractivity contribution in [3.8, 4) is 5.75 Å². The summed E-state index contributed by atoms with van der Waals surface area (Å²) in [7, 11) is 1.59. The molecule has 27 heavy (non-hydrogen) atoms. The summed E-state index contributed by atoms with van der Waals surface area (Å²) in [6.45, 7) is 3.28. The average Bonchev–Trinajstić information content (AvgIpc) is 2.70. The Labute approximate surface area is 160 Å². The van der Waals surface area contributed by atoms with Gasteiger partial charge in [-0.25, -0.2) is 0 Å². The fraction of sp³-hybridized carbons (Fsp3) is 0.273. The van der Waals surface area contributed by atoms with Crippen LogP contribution in [0.4, 0.5) is 0 Å². The van der Waals surface area contributed by atoms with E-state index in [-0.39, 0.29) is 11.8 Å². The fourth-order valence-electron chi connectivity index (χ4n) is 2.38. The number of rotatable bonds is 9. The molecule has 0 unspecified atom stereocenters. The van der Waals surface area contributed by atoms with Gasteiger partial charge in [-0.2, -0.15) is 0 Å². The van der Waals surface area contributed by atoms with E-state index in [0.717, 1.165) is 24.2 Å². The maximum Gasteiger partial charge on any atom is 0.251 e. The van der Waals surface area contributed by atoms with E-state index in [1.807, 2.05) is 31.2 Å². The summed E-state index contributed by atoms with van der Waals surface area (Å²) < 4.78 is 5.65. The molecular weight excluding hydrogens is 340 g/mol. The molecule has 0 radical (unpaired) electrons. The molecule has 2 aromatic carbocycles. The standard InChI is InChI=1S/C22H26N2O3/c1-17-5-12-20(13-6-17)27-16-4-3-15-24-21(25)14-9-18-7-10-19(11-8-18)22(26)23-2/h5-14H,3-4,15-16H2,1-2H3,(H,23,26)(H,24,25)/b14-9+. The zero-order valence-electron chi connectivity index (χ0n) is 15.8. The fourth-order valence-corrected chi connectivity index (χ4v) is 2.38. The van der Waals surface area contributed by atoms with Crippen LogP contribution < -0.4 is 15.4 Å². The molecule has 0 saturated heterocycles. The molecular formula is C22H26N2O3. The third-order valence-electron chi connectivity index (χ3n) is 3.99. The summed E-state index contributed by atoms with van der Waals surface area (Å²) in [6, 6.07) is 15.0. The van der Waals surface area contributed by atoms with Gasteiger partial charge < -0.3 is 15.4 Å². The monoisotopic (exact) mass is 366 g/mol. The normalized spacial score (nSPS) is 10.6. The Balaban J connectivity index is 1.62. The van der Waals surface area contributed by atoms with Gasteiger partial charge in [0, 0.05) is 25.2 Å². The Morgan fingerprint density at radius 2 is 1.70 bits per heavy atom. The van der Waals surface area contributed by atoms with Crippen molar-refractivity contribution in [1.82, 2.24) is 10.6 Å². The van der Waals surface area contributed by atoms with Crippen LogP contribution in [0.25, 0.3) is 6.08 Å². The summed E-state index contributed by atoms with van der Waals surface area (Å²) in [5.74, 6) is 0.606. The summed E-state index contributed by atoms with van der Waals surface area (Å²) >= 11 is 0. The van der Waals surface area contributed by atoms with Crippen molar-refractivity contribution in [3.05, 3.63) is 71.3 Å². The molecule has 0 aliphatic carbocycles. The summed E-state index contributed by atoms with van der Waals surface area (Å²) in [4.78, 5) is 23.3. The number of ether oxygens (including phenoxy) is 1. The van der Waals surface area contributed by atoms with Gasteiger partial charge in [0.05, 0.1) is 6.61 Å². The highest BCUT2D eigenvalue weighted by Gasteiger charge is 2.01. The predicted molar refractivity (Wildman–Crippen MR) is 108 cm³/mol. The highest BCUT2D eigenvalue weighted by molar-refractivity contribution is 5.94. The van der Waals surface area contributed by atoms with Gasteiger partial charge in [-0.1, -0.05) is 29.8 Å². The molecule has 142 valence electrons. The van der Waals surface area contributed by atoms with Gasteiger partial charge in [-0.3, -0.25) is 9.59 Å². The van der Waals surface area contributed by atoms with Gasteiger partial charge in [-0.05, 0) is 55.7 Å². The molecule has 5 nitrogen and oxygen atoms in total. The van der Waals surface area contributed by atoms with Crippen molar-refractivity contribution in [2.45, 2.75) is 19.8 Å². The molecule has 0 saturated carbocycles. The minimum atomic E-state index is -0.134. The molecule has 2 rings (SSSR count). The SMILES string of the molecule is CNC(=O)c1ccc(/C=C/C(=O)NCCCCOc2ccc(C)cc2)cc1. The van der Waals surface area contributed by atoms with E-state index < -0.39 is 0 Å². The molecule has 2 aromatic rings. The third-order valence-corrected chi connectivity index (χ3v) is 3.99. The molecule has 0 bridgehead atoms. The van der Waals surface area contributed by atoms with Gasteiger partial charge in [0.25, 0.3) is 5.91 Å². The molecule has 2 N–H and O–H groups in total. The Kier molecular flexibility index (Phi) is 8.10. The highest BCUT2D eigenvalue weighted by atomic mass is 16.5. The van der Waals surface area contributed by atoms with Crippen LogP contribution in [-0.4, -0.2) is 32.0 Å². The maximum atomic E-state index is 11.8. The quantitative estimate of drug-likeness (QED) is 0.528. The molecule has 5 heteroatoms. The number of hydrogen-bond acceptors (Lipinski definition) is 3. The van der Waals surface area contributed by atoms with Gasteiger partial charge in [0.1, 0.15) is 5.75 Å². The number of nitrogens with one attached hydrogen (secondary N) is 2. The zero-order valence-corrected chi connectivity index (χ0v) is 15.8. The Hall–Kier alpha value is -3.08. The molecule has 0 aliphatic heterocycles. The van der Waals surface area contributed by atoms with Crippen LogP contribution in [0.1, 0.15) is 34.3 Å². The van der Waals surface area contributed by atoms with Gasteiger partial charge in [0.2, 0.25) is 5.91 Å². The lowest BCUT2D eigenvalue weighted by molar-refractivity contribution is -0.116. The van der Waals surface area contributed by atoms with Gasteiger partial charge in [-0.15, -0.1) is 0 Å². The van der Waals surface area contributed by atoms with E-state index in [0.29, 0.717) is 18.7 Å². The zero-order chi connectivity index (χ0) is 19.5. The van der Waals surface area contributed by atoms with Crippen molar-refractivity contribution < 1.29 is 14.3 Å². The van der Waals surface area contributed by atoms with E-state index in [1.54, 1.807) is 37.4 Å². The second-order valence-corrected chi connectivity index (χ2v) is 6.19. The topological polar surface area (TPSA) is 67.4 Å². The first-order valence-corrected chi connectivity index (χ1v) is 9.06. The van der Waals surface area contributed by atoms with Crippen molar-refractivity contribution >= 4 is 17.9 Å². The minimum absolute atomic E-state index is 0.130. The minimum Gasteiger partial charge on any atom is -0.494 e. The summed E-state index contributed by atoms with van der Waals surface area (Å²) in [6.07, 6.45) is 4.95. The smallest absolute Gasteiger partial charge is 0.251 e. The van der Waals surface area contributed by atoms with Gasteiger partial charge >= 0.3 is 0 Å². The third kappa shape index (κ3) is 7.36. The molecule has 2 amide bonds. The van der Waals surface area contributed by atoms with Gasteiger partial charge in [0.15, 0.2) is 0 Å². The molecule has 0 aromatic heterocycles. The number of benzene rings is 2. The Morgan fingerprint density at radius 3 is 2.37 bits per heavy atom. The number of hydrogen-bond donors (Lipinski definition) is 2. The first-order valence-electron chi connectivity index (χ1n) is 9.06. The molecule has 0 aliphatic rings. The second-order valence-electron chi connectivity index (χ2n) is 6.19. The second kappa shape index (κ2) is 10.8. The Morgan fingerprint density at radius 1 is 1.00 bits per heavy atom. The molecule has 0 fully saturated rings. The molecule has 0 atom stereocenters. The number of amides is 2. The van der Waals surface area contributed by atoms with Crippen molar-refractivity contribution in [2.24, 2.45) is 0 Å². The number of carbonyl (C=O) groups excluding carboxylic acids is 2. The molecule has 0 heterocycles. The number of unbranched alkanes of at least 4 members (excludes halogenated alkanes) is 1. The van der Waals surface area contributed by atoms with Crippen LogP contribution in [-0.2, 0) is 4.79 Å². The maximum absolute atomic E-state index is 11.8. The average molecular weight is 366 g/mol. The van der Waals surface area contributed by atoms with Crippen LogP contribution in [0.5, 0.6) is 5.75 Å². The van der Waals surface area contributed by atoms with E-state index in [9.17, 15) is 9.59 Å². The van der Waals surface area contributed by atoms with Crippen molar-refractivity contribution in [3.63, 3.8) is 0 Å². The lowest BCUT2D eigenvalue weighted by Gasteiger charge is -2.06. The van der Waals surface area contributed by atoms with Crippen molar-refractivity contribution in [1.29, 1.82) is 0 Å². The Bertz CT molecular complexity index is 765. The van der Waals surface area contributed by atoms with E-state index in [4.69, 9.17) is 4.74 Å². The summed E-state index contributed by atoms with van der Waals surface area (Å²) in [5, 5.41) is 5.42. The largest absolute Gasteiger partial charge is 0.494 e. The summed E-state index contributed by atoms with van der Waals surface area (Å²) in [5.41, 5.74) is 2.66. The van der Waals surface area contributed by atoms with E-state index >= 15 is 0 Å². The van der Waals surface area contributed by atoms with Crippen LogP contribution in [0.15, 0.2) is 54.6 Å². The predicted octanol–water partition coefficient (Wildman–Crippen LogP) is 3.34. The highest BCUT2D eigenvalue weighted by Crippen LogP contribution is 2.11. The first kappa shape index (κ1) is 20.2. The lowest BCUT2D eigenvalue weighted by Crippen LogP contribution is -2.22. The van der Waals surface area contributed by atoms with Crippen molar-refractivity contribution in [2.75, 3.05) is 20.2 Å². The van der Waals surface area contributed by atoms with E-state index in [2.05, 4.69) is 10.6 Å². The number of aryl methyl sites for hydroxylation is 1. The first-order chi connectivity index (χ1) is 13.1. The van der Waals surface area contributed by atoms with E-state index in [1.165, 1.54) is 11.6 Å². The van der Waals surface area contributed by atoms with Crippen LogP contribution in [0.3, 0.4) is 0 Å². The lowest BCUT2D eigenvalue weighted by atomic mass is 10.1. The van der Waals surface area contributed by atoms with Crippen LogP contribution >= 0.6 is 0 Å². The number of carbonyl (C=O) groups is 2. The molecule has 0 spiro atoms. The van der Waals surface area contributed by atoms with Crippen LogP contribution in [0.2, 0.25) is 0 Å².